The number of aromatic nitrogens is 3. The second-order valence-electron chi connectivity index (χ2n) is 4.33. The molecule has 1 aliphatic heterocycles. The molecule has 14 heavy (non-hydrogen) atoms. The SMILES string of the molecule is COn1nc2n(c1=O)CCC1(CC1)C2. The standard InChI is InChI=1S/C9H13N3O2/c1-14-12-8(13)11-5-4-9(2-3-9)6-7(11)10-12/h2-6H2,1H3. The van der Waals surface area contributed by atoms with Crippen LogP contribution in [0.25, 0.3) is 0 Å². The maximum Gasteiger partial charge on any atom is 0.380 e. The molecule has 1 aromatic heterocycles. The Hall–Kier alpha value is -1.26. The van der Waals surface area contributed by atoms with Crippen LogP contribution in [-0.4, -0.2) is 21.6 Å². The Morgan fingerprint density at radius 3 is 2.86 bits per heavy atom. The van der Waals surface area contributed by atoms with E-state index in [1.807, 2.05) is 0 Å². The average Bonchev–Trinajstić information content (AvgIpc) is 2.85. The van der Waals surface area contributed by atoms with Gasteiger partial charge in [-0.05, 0) is 29.5 Å². The quantitative estimate of drug-likeness (QED) is 0.625. The summed E-state index contributed by atoms with van der Waals surface area (Å²) in [4.78, 5) is 17.6. The van der Waals surface area contributed by atoms with Crippen LogP contribution in [0.5, 0.6) is 0 Å². The van der Waals surface area contributed by atoms with Crippen molar-refractivity contribution >= 4 is 0 Å². The Balaban J connectivity index is 2.05. The highest BCUT2D eigenvalue weighted by atomic mass is 16.7. The van der Waals surface area contributed by atoms with Crippen molar-refractivity contribution in [3.8, 4) is 0 Å². The summed E-state index contributed by atoms with van der Waals surface area (Å²) in [6.45, 7) is 0.803. The minimum absolute atomic E-state index is 0.141. The minimum Gasteiger partial charge on any atom is -0.396 e. The smallest absolute Gasteiger partial charge is 0.380 e. The van der Waals surface area contributed by atoms with Crippen molar-refractivity contribution in [2.45, 2.75) is 32.2 Å². The first kappa shape index (κ1) is 8.08. The highest BCUT2D eigenvalue weighted by Gasteiger charge is 2.46. The molecule has 0 saturated heterocycles. The number of nitrogens with zero attached hydrogens (tertiary/aromatic N) is 3. The van der Waals surface area contributed by atoms with Gasteiger partial charge in [-0.1, -0.05) is 0 Å². The van der Waals surface area contributed by atoms with E-state index in [-0.39, 0.29) is 5.69 Å². The summed E-state index contributed by atoms with van der Waals surface area (Å²) in [5.41, 5.74) is 0.345. The zero-order valence-electron chi connectivity index (χ0n) is 8.19. The minimum atomic E-state index is -0.141. The molecule has 2 heterocycles. The molecule has 5 heteroatoms. The van der Waals surface area contributed by atoms with Gasteiger partial charge < -0.3 is 4.84 Å². The topological polar surface area (TPSA) is 49.0 Å². The van der Waals surface area contributed by atoms with E-state index in [1.54, 1.807) is 4.57 Å². The molecule has 0 amide bonds. The first-order valence-corrected chi connectivity index (χ1v) is 4.97. The first-order valence-electron chi connectivity index (χ1n) is 4.97. The van der Waals surface area contributed by atoms with Crippen LogP contribution in [0, 0.1) is 5.41 Å². The molecule has 1 aliphatic carbocycles. The molecule has 0 aromatic carbocycles. The molecule has 76 valence electrons. The predicted molar refractivity (Wildman–Crippen MR) is 49.0 cm³/mol. The van der Waals surface area contributed by atoms with Crippen molar-refractivity contribution in [3.63, 3.8) is 0 Å². The lowest BCUT2D eigenvalue weighted by Gasteiger charge is -2.20. The van der Waals surface area contributed by atoms with Gasteiger partial charge in [-0.2, -0.15) is 0 Å². The molecule has 1 aromatic rings. The zero-order chi connectivity index (χ0) is 9.76. The average molecular weight is 195 g/mol. The van der Waals surface area contributed by atoms with Crippen molar-refractivity contribution in [2.75, 3.05) is 7.11 Å². The zero-order valence-corrected chi connectivity index (χ0v) is 8.19. The third-order valence-electron chi connectivity index (χ3n) is 3.44. The number of rotatable bonds is 1. The Morgan fingerprint density at radius 2 is 2.21 bits per heavy atom. The van der Waals surface area contributed by atoms with E-state index in [4.69, 9.17) is 4.84 Å². The van der Waals surface area contributed by atoms with E-state index in [2.05, 4.69) is 5.10 Å². The summed E-state index contributed by atoms with van der Waals surface area (Å²) in [7, 11) is 1.47. The Labute approximate surface area is 81.2 Å². The lowest BCUT2D eigenvalue weighted by molar-refractivity contribution is 0.122. The van der Waals surface area contributed by atoms with Gasteiger partial charge in [0.25, 0.3) is 0 Å². The second kappa shape index (κ2) is 2.40. The molecule has 0 N–H and O–H groups in total. The summed E-state index contributed by atoms with van der Waals surface area (Å²) in [6.07, 6.45) is 4.65. The molecular weight excluding hydrogens is 182 g/mol. The van der Waals surface area contributed by atoms with Crippen molar-refractivity contribution < 1.29 is 4.84 Å². The summed E-state index contributed by atoms with van der Waals surface area (Å²) in [5, 5.41) is 4.15. The molecular formula is C9H13N3O2. The molecule has 0 radical (unpaired) electrons. The number of fused-ring (bicyclic) bond motifs is 1. The summed E-state index contributed by atoms with van der Waals surface area (Å²) < 4.78 is 1.73. The van der Waals surface area contributed by atoms with Crippen LogP contribution in [0.15, 0.2) is 4.79 Å². The first-order chi connectivity index (χ1) is 6.74. The normalized spacial score (nSPS) is 22.1. The fourth-order valence-corrected chi connectivity index (χ4v) is 2.27. The van der Waals surface area contributed by atoms with E-state index in [1.165, 1.54) is 20.0 Å². The fraction of sp³-hybridized carbons (Fsp3) is 0.778. The summed E-state index contributed by atoms with van der Waals surface area (Å²) >= 11 is 0. The van der Waals surface area contributed by atoms with Crippen LogP contribution in [0.2, 0.25) is 0 Å². The molecule has 1 saturated carbocycles. The number of hydrogen-bond acceptors (Lipinski definition) is 3. The Morgan fingerprint density at radius 1 is 1.43 bits per heavy atom. The van der Waals surface area contributed by atoms with Crippen LogP contribution in [0.4, 0.5) is 0 Å². The van der Waals surface area contributed by atoms with Gasteiger partial charge in [0.05, 0.1) is 0 Å². The van der Waals surface area contributed by atoms with E-state index in [0.29, 0.717) is 5.41 Å². The molecule has 3 rings (SSSR count). The van der Waals surface area contributed by atoms with E-state index in [0.717, 1.165) is 30.1 Å². The molecule has 1 fully saturated rings. The van der Waals surface area contributed by atoms with Gasteiger partial charge in [-0.15, -0.1) is 5.10 Å². The highest BCUT2D eigenvalue weighted by Crippen LogP contribution is 2.52. The lowest BCUT2D eigenvalue weighted by Crippen LogP contribution is -2.31. The van der Waals surface area contributed by atoms with Crippen molar-refractivity contribution in [3.05, 3.63) is 16.3 Å². The maximum atomic E-state index is 11.6. The molecule has 5 nitrogen and oxygen atoms in total. The third kappa shape index (κ3) is 0.951. The van der Waals surface area contributed by atoms with Gasteiger partial charge in [-0.25, -0.2) is 4.79 Å². The Bertz CT molecular complexity index is 428. The van der Waals surface area contributed by atoms with Gasteiger partial charge in [0, 0.05) is 13.0 Å². The van der Waals surface area contributed by atoms with E-state index < -0.39 is 0 Å². The fourth-order valence-electron chi connectivity index (χ4n) is 2.27. The summed E-state index contributed by atoms with van der Waals surface area (Å²) in [5.74, 6) is 0.889. The van der Waals surface area contributed by atoms with Crippen LogP contribution in [0.1, 0.15) is 25.1 Å². The number of hydrogen-bond donors (Lipinski definition) is 0. The van der Waals surface area contributed by atoms with Gasteiger partial charge >= 0.3 is 5.69 Å². The van der Waals surface area contributed by atoms with E-state index >= 15 is 0 Å². The molecule has 0 atom stereocenters. The van der Waals surface area contributed by atoms with Crippen molar-refractivity contribution in [2.24, 2.45) is 5.41 Å². The molecule has 0 bridgehead atoms. The Kier molecular flexibility index (Phi) is 1.39. The van der Waals surface area contributed by atoms with Crippen LogP contribution >= 0.6 is 0 Å². The van der Waals surface area contributed by atoms with Crippen LogP contribution in [-0.2, 0) is 13.0 Å². The maximum absolute atomic E-state index is 11.6. The third-order valence-corrected chi connectivity index (χ3v) is 3.44. The lowest BCUT2D eigenvalue weighted by atomic mass is 9.95. The van der Waals surface area contributed by atoms with Gasteiger partial charge in [-0.3, -0.25) is 4.57 Å². The van der Waals surface area contributed by atoms with Crippen molar-refractivity contribution in [1.29, 1.82) is 0 Å². The highest BCUT2D eigenvalue weighted by molar-refractivity contribution is 5.06. The van der Waals surface area contributed by atoms with Crippen LogP contribution < -0.4 is 10.5 Å². The largest absolute Gasteiger partial charge is 0.396 e. The van der Waals surface area contributed by atoms with Gasteiger partial charge in [0.15, 0.2) is 0 Å². The van der Waals surface area contributed by atoms with Gasteiger partial charge in [0.1, 0.15) is 12.9 Å². The monoisotopic (exact) mass is 195 g/mol. The molecule has 0 unspecified atom stereocenters. The van der Waals surface area contributed by atoms with Crippen LogP contribution in [0.3, 0.4) is 0 Å². The molecule has 2 aliphatic rings. The molecule has 1 spiro atoms. The van der Waals surface area contributed by atoms with E-state index in [9.17, 15) is 4.79 Å². The summed E-state index contributed by atoms with van der Waals surface area (Å²) in [6, 6.07) is 0. The van der Waals surface area contributed by atoms with Crippen molar-refractivity contribution in [1.82, 2.24) is 14.5 Å². The van der Waals surface area contributed by atoms with Gasteiger partial charge in [0.2, 0.25) is 0 Å². The predicted octanol–water partition coefficient (Wildman–Crippen LogP) is -0.170. The second-order valence-corrected chi connectivity index (χ2v) is 4.33.